The molecule has 1 atom stereocenters. The van der Waals surface area contributed by atoms with Crippen molar-refractivity contribution < 1.29 is 19.4 Å². The van der Waals surface area contributed by atoms with Gasteiger partial charge in [-0.1, -0.05) is 36.5 Å². The maximum absolute atomic E-state index is 13.4. The summed E-state index contributed by atoms with van der Waals surface area (Å²) in [6.07, 6.45) is 4.03. The average Bonchev–Trinajstić information content (AvgIpc) is 3.41. The maximum atomic E-state index is 13.4. The molecular weight excluding hydrogens is 474 g/mol. The number of aromatic nitrogens is 2. The number of amides is 1. The number of benzene rings is 2. The van der Waals surface area contributed by atoms with E-state index in [0.717, 1.165) is 27.8 Å². The Morgan fingerprint density at radius 2 is 1.89 bits per heavy atom. The van der Waals surface area contributed by atoms with E-state index in [9.17, 15) is 14.7 Å². The number of nitrogens with zero attached hydrogens (tertiary/aromatic N) is 3. The Morgan fingerprint density at radius 3 is 2.64 bits per heavy atom. The number of aliphatic hydroxyl groups excluding tert-OH is 1. The molecule has 4 aromatic rings. The van der Waals surface area contributed by atoms with Crippen LogP contribution < -0.4 is 9.64 Å². The van der Waals surface area contributed by atoms with E-state index in [1.807, 2.05) is 32.9 Å². The zero-order valence-corrected chi connectivity index (χ0v) is 21.0. The van der Waals surface area contributed by atoms with Gasteiger partial charge in [0.05, 0.1) is 28.4 Å². The van der Waals surface area contributed by atoms with Crippen LogP contribution in [0.5, 0.6) is 5.75 Å². The van der Waals surface area contributed by atoms with Crippen molar-refractivity contribution in [3.05, 3.63) is 88.8 Å². The minimum atomic E-state index is -0.852. The first kappa shape index (κ1) is 23.7. The fourth-order valence-electron chi connectivity index (χ4n) is 4.46. The van der Waals surface area contributed by atoms with Gasteiger partial charge in [-0.3, -0.25) is 19.5 Å². The van der Waals surface area contributed by atoms with Crippen molar-refractivity contribution in [1.82, 2.24) is 9.97 Å². The van der Waals surface area contributed by atoms with Crippen molar-refractivity contribution in [2.75, 3.05) is 11.5 Å². The van der Waals surface area contributed by atoms with E-state index in [4.69, 9.17) is 9.72 Å². The number of anilines is 1. The van der Waals surface area contributed by atoms with E-state index in [1.54, 1.807) is 48.8 Å². The number of aryl methyl sites for hydroxylation is 2. The Kier molecular flexibility index (Phi) is 6.28. The second kappa shape index (κ2) is 9.54. The van der Waals surface area contributed by atoms with Crippen LogP contribution in [0.4, 0.5) is 5.13 Å². The number of carbonyl (C=O) groups is 2. The number of rotatable bonds is 6. The summed E-state index contributed by atoms with van der Waals surface area (Å²) in [5.74, 6) is -1.17. The van der Waals surface area contributed by atoms with Crippen molar-refractivity contribution in [2.45, 2.75) is 33.2 Å². The topological polar surface area (TPSA) is 92.6 Å². The lowest BCUT2D eigenvalue weighted by molar-refractivity contribution is -0.132. The highest BCUT2D eigenvalue weighted by Crippen LogP contribution is 2.44. The molecule has 1 aliphatic rings. The standard InChI is InChI=1S/C28H25N3O4S/c1-4-12-35-20-7-5-6-19(15-20)25(32)22-24(18-8-10-29-11-9-18)31(27(34)26(22)33)28-30-23-17(3)13-16(2)14-21(23)36-28/h5-11,13-15,24,32H,4,12H2,1-3H3/b25-22+. The number of pyridine rings is 1. The Morgan fingerprint density at radius 1 is 1.11 bits per heavy atom. The lowest BCUT2D eigenvalue weighted by Crippen LogP contribution is -2.29. The van der Waals surface area contributed by atoms with Crippen LogP contribution >= 0.6 is 11.3 Å². The van der Waals surface area contributed by atoms with Gasteiger partial charge in [-0.2, -0.15) is 0 Å². The van der Waals surface area contributed by atoms with Gasteiger partial charge >= 0.3 is 5.91 Å². The highest BCUT2D eigenvalue weighted by atomic mass is 32.1. The fourth-order valence-corrected chi connectivity index (χ4v) is 5.63. The second-order valence-corrected chi connectivity index (χ2v) is 9.76. The van der Waals surface area contributed by atoms with Gasteiger partial charge in [0.1, 0.15) is 11.5 Å². The molecule has 3 heterocycles. The minimum absolute atomic E-state index is 0.00556. The van der Waals surface area contributed by atoms with Crippen molar-refractivity contribution in [3.8, 4) is 5.75 Å². The first-order chi connectivity index (χ1) is 17.4. The summed E-state index contributed by atoms with van der Waals surface area (Å²) in [5, 5.41) is 11.8. The molecule has 1 amide bonds. The molecule has 36 heavy (non-hydrogen) atoms. The average molecular weight is 500 g/mol. The zero-order valence-electron chi connectivity index (χ0n) is 20.2. The molecule has 1 unspecified atom stereocenters. The summed E-state index contributed by atoms with van der Waals surface area (Å²) in [6.45, 7) is 6.52. The van der Waals surface area contributed by atoms with Crippen molar-refractivity contribution in [3.63, 3.8) is 0 Å². The SMILES string of the molecule is CCCOc1cccc(/C(O)=C2\C(=O)C(=O)N(c3nc4c(C)cc(C)cc4s3)C2c2ccncc2)c1. The molecule has 0 spiro atoms. The molecule has 5 rings (SSSR count). The summed E-state index contributed by atoms with van der Waals surface area (Å²) in [6, 6.07) is 13.6. The Balaban J connectivity index is 1.68. The molecular formula is C28H25N3O4S. The summed E-state index contributed by atoms with van der Waals surface area (Å²) in [4.78, 5) is 37.0. The second-order valence-electron chi connectivity index (χ2n) is 8.75. The van der Waals surface area contributed by atoms with E-state index >= 15 is 0 Å². The number of ketones is 1. The number of hydrogen-bond acceptors (Lipinski definition) is 7. The van der Waals surface area contributed by atoms with Crippen LogP contribution in [-0.4, -0.2) is 33.4 Å². The number of hydrogen-bond donors (Lipinski definition) is 1. The Hall–Kier alpha value is -4.04. The number of aliphatic hydroxyl groups is 1. The molecule has 0 bridgehead atoms. The lowest BCUT2D eigenvalue weighted by Gasteiger charge is -2.22. The number of ether oxygens (including phenoxy) is 1. The van der Waals surface area contributed by atoms with Crippen LogP contribution in [-0.2, 0) is 9.59 Å². The quantitative estimate of drug-likeness (QED) is 0.207. The number of thiazole rings is 1. The summed E-state index contributed by atoms with van der Waals surface area (Å²) < 4.78 is 6.63. The van der Waals surface area contributed by atoms with Crippen molar-refractivity contribution >= 4 is 44.1 Å². The van der Waals surface area contributed by atoms with Crippen LogP contribution in [0.2, 0.25) is 0 Å². The van der Waals surface area contributed by atoms with Gasteiger partial charge in [0.2, 0.25) is 0 Å². The maximum Gasteiger partial charge on any atom is 0.301 e. The minimum Gasteiger partial charge on any atom is -0.507 e. The molecule has 182 valence electrons. The molecule has 8 heteroatoms. The third-order valence-corrected chi connectivity index (χ3v) is 7.07. The van der Waals surface area contributed by atoms with Crippen molar-refractivity contribution in [1.29, 1.82) is 0 Å². The predicted octanol–water partition coefficient (Wildman–Crippen LogP) is 5.72. The molecule has 0 saturated carbocycles. The van der Waals surface area contributed by atoms with Gasteiger partial charge in [0, 0.05) is 18.0 Å². The largest absolute Gasteiger partial charge is 0.507 e. The first-order valence-electron chi connectivity index (χ1n) is 11.7. The molecule has 1 saturated heterocycles. The zero-order chi connectivity index (χ0) is 25.4. The van der Waals surface area contributed by atoms with Gasteiger partial charge in [0.15, 0.2) is 5.13 Å². The van der Waals surface area contributed by atoms with Gasteiger partial charge < -0.3 is 9.84 Å². The molecule has 1 N–H and O–H groups in total. The lowest BCUT2D eigenvalue weighted by atomic mass is 9.96. The van der Waals surface area contributed by atoms with Crippen LogP contribution in [0.3, 0.4) is 0 Å². The number of carbonyl (C=O) groups excluding carboxylic acids is 2. The highest BCUT2D eigenvalue weighted by Gasteiger charge is 2.48. The van der Waals surface area contributed by atoms with Crippen LogP contribution in [0.1, 0.15) is 41.6 Å². The van der Waals surface area contributed by atoms with Crippen LogP contribution in [0.25, 0.3) is 16.0 Å². The molecule has 1 fully saturated rings. The summed E-state index contributed by atoms with van der Waals surface area (Å²) in [7, 11) is 0. The van der Waals surface area contributed by atoms with E-state index in [1.165, 1.54) is 16.2 Å². The summed E-state index contributed by atoms with van der Waals surface area (Å²) in [5.41, 5.74) is 3.93. The van der Waals surface area contributed by atoms with E-state index in [-0.39, 0.29) is 11.3 Å². The molecule has 7 nitrogen and oxygen atoms in total. The normalized spacial score (nSPS) is 17.2. The van der Waals surface area contributed by atoms with E-state index in [0.29, 0.717) is 28.6 Å². The van der Waals surface area contributed by atoms with Crippen LogP contribution in [0.15, 0.2) is 66.5 Å². The first-order valence-corrected chi connectivity index (χ1v) is 12.5. The molecule has 0 aliphatic carbocycles. The highest BCUT2D eigenvalue weighted by molar-refractivity contribution is 7.22. The molecule has 0 radical (unpaired) electrons. The van der Waals surface area contributed by atoms with E-state index < -0.39 is 17.7 Å². The Labute approximate surface area is 212 Å². The summed E-state index contributed by atoms with van der Waals surface area (Å²) >= 11 is 1.35. The monoisotopic (exact) mass is 499 g/mol. The molecule has 1 aliphatic heterocycles. The van der Waals surface area contributed by atoms with Gasteiger partial charge in [-0.05, 0) is 67.3 Å². The van der Waals surface area contributed by atoms with Gasteiger partial charge in [0.25, 0.3) is 5.78 Å². The van der Waals surface area contributed by atoms with E-state index in [2.05, 4.69) is 4.98 Å². The molecule has 2 aromatic carbocycles. The smallest absolute Gasteiger partial charge is 0.301 e. The molecule has 2 aromatic heterocycles. The number of Topliss-reactive ketones (excluding diaryl/α,β-unsaturated/α-hetero) is 1. The van der Waals surface area contributed by atoms with Gasteiger partial charge in [-0.15, -0.1) is 0 Å². The van der Waals surface area contributed by atoms with Crippen molar-refractivity contribution in [2.24, 2.45) is 0 Å². The Bertz CT molecular complexity index is 1510. The third-order valence-electron chi connectivity index (χ3n) is 6.07. The van der Waals surface area contributed by atoms with Crippen LogP contribution in [0, 0.1) is 13.8 Å². The third kappa shape index (κ3) is 4.13. The van der Waals surface area contributed by atoms with Gasteiger partial charge in [-0.25, -0.2) is 4.98 Å². The predicted molar refractivity (Wildman–Crippen MR) is 140 cm³/mol. The fraction of sp³-hybridized carbons (Fsp3) is 0.214. The number of fused-ring (bicyclic) bond motifs is 1.